The molecular formula is C14H15ClN2O2S. The maximum Gasteiger partial charge on any atom is 0.266 e. The van der Waals surface area contributed by atoms with E-state index in [0.717, 1.165) is 10.4 Å². The number of thiazole rings is 1. The van der Waals surface area contributed by atoms with Crippen LogP contribution in [-0.2, 0) is 4.79 Å². The predicted octanol–water partition coefficient (Wildman–Crippen LogP) is 3.82. The number of hydrogen-bond donors (Lipinski definition) is 1. The highest BCUT2D eigenvalue weighted by atomic mass is 35.5. The van der Waals surface area contributed by atoms with Crippen molar-refractivity contribution < 1.29 is 9.53 Å². The van der Waals surface area contributed by atoms with Crippen LogP contribution in [0.4, 0.5) is 5.13 Å². The standard InChI is InChI=1S/C14H15ClN2O2S/c1-8-4-5-11(15)12(6-8)19-10(3)13(18)17-14-16-7-9(2)20-14/h4-7,10H,1-3H3,(H,16,17,18)/t10-/m1/s1. The van der Waals surface area contributed by atoms with Crippen LogP contribution in [0.5, 0.6) is 5.75 Å². The van der Waals surface area contributed by atoms with E-state index in [1.165, 1.54) is 11.3 Å². The summed E-state index contributed by atoms with van der Waals surface area (Å²) >= 11 is 7.46. The van der Waals surface area contributed by atoms with Crippen molar-refractivity contribution in [1.82, 2.24) is 4.98 Å². The molecule has 0 unspecified atom stereocenters. The van der Waals surface area contributed by atoms with Crippen LogP contribution in [0.3, 0.4) is 0 Å². The fraction of sp³-hybridized carbons (Fsp3) is 0.286. The summed E-state index contributed by atoms with van der Waals surface area (Å²) in [5.41, 5.74) is 1.02. The quantitative estimate of drug-likeness (QED) is 0.934. The number of benzene rings is 1. The molecule has 20 heavy (non-hydrogen) atoms. The van der Waals surface area contributed by atoms with Crippen LogP contribution in [-0.4, -0.2) is 17.0 Å². The van der Waals surface area contributed by atoms with E-state index in [1.807, 2.05) is 19.9 Å². The van der Waals surface area contributed by atoms with Gasteiger partial charge >= 0.3 is 0 Å². The second-order valence-electron chi connectivity index (χ2n) is 4.46. The summed E-state index contributed by atoms with van der Waals surface area (Å²) in [5.74, 6) is 0.251. The van der Waals surface area contributed by atoms with Gasteiger partial charge in [-0.2, -0.15) is 0 Å². The summed E-state index contributed by atoms with van der Waals surface area (Å²) in [6.45, 7) is 5.54. The first-order valence-electron chi connectivity index (χ1n) is 6.12. The van der Waals surface area contributed by atoms with E-state index in [-0.39, 0.29) is 5.91 Å². The summed E-state index contributed by atoms with van der Waals surface area (Å²) in [7, 11) is 0. The Balaban J connectivity index is 2.02. The molecule has 1 aromatic carbocycles. The summed E-state index contributed by atoms with van der Waals surface area (Å²) < 4.78 is 5.60. The minimum atomic E-state index is -0.654. The van der Waals surface area contributed by atoms with Gasteiger partial charge < -0.3 is 4.74 Å². The minimum Gasteiger partial charge on any atom is -0.479 e. The van der Waals surface area contributed by atoms with Crippen molar-refractivity contribution in [3.05, 3.63) is 39.9 Å². The highest BCUT2D eigenvalue weighted by molar-refractivity contribution is 7.15. The van der Waals surface area contributed by atoms with E-state index in [9.17, 15) is 4.79 Å². The lowest BCUT2D eigenvalue weighted by Crippen LogP contribution is -2.30. The minimum absolute atomic E-state index is 0.253. The highest BCUT2D eigenvalue weighted by Crippen LogP contribution is 2.26. The van der Waals surface area contributed by atoms with Gasteiger partial charge in [-0.25, -0.2) is 4.98 Å². The van der Waals surface area contributed by atoms with Crippen LogP contribution in [0.15, 0.2) is 24.4 Å². The lowest BCUT2D eigenvalue weighted by molar-refractivity contribution is -0.122. The topological polar surface area (TPSA) is 51.2 Å². The molecule has 2 aromatic rings. The largest absolute Gasteiger partial charge is 0.479 e. The molecule has 106 valence electrons. The van der Waals surface area contributed by atoms with E-state index in [0.29, 0.717) is 15.9 Å². The summed E-state index contributed by atoms with van der Waals surface area (Å²) in [6, 6.07) is 5.44. The normalized spacial score (nSPS) is 12.0. The van der Waals surface area contributed by atoms with Crippen LogP contribution in [0, 0.1) is 13.8 Å². The average molecular weight is 311 g/mol. The molecule has 1 N–H and O–H groups in total. The zero-order valence-corrected chi connectivity index (χ0v) is 13.0. The molecule has 0 saturated carbocycles. The molecule has 2 rings (SSSR count). The maximum atomic E-state index is 12.0. The van der Waals surface area contributed by atoms with Crippen molar-refractivity contribution in [3.63, 3.8) is 0 Å². The first-order chi connectivity index (χ1) is 9.45. The first kappa shape index (κ1) is 14.8. The molecule has 1 heterocycles. The lowest BCUT2D eigenvalue weighted by Gasteiger charge is -2.15. The van der Waals surface area contributed by atoms with Gasteiger partial charge in [-0.15, -0.1) is 11.3 Å². The molecule has 0 radical (unpaired) electrons. The maximum absolute atomic E-state index is 12.0. The van der Waals surface area contributed by atoms with Gasteiger partial charge in [0.1, 0.15) is 5.75 Å². The van der Waals surface area contributed by atoms with Gasteiger partial charge in [0.15, 0.2) is 11.2 Å². The molecule has 4 nitrogen and oxygen atoms in total. The molecule has 6 heteroatoms. The van der Waals surface area contributed by atoms with Gasteiger partial charge in [0.2, 0.25) is 0 Å². The number of hydrogen-bond acceptors (Lipinski definition) is 4. The second kappa shape index (κ2) is 6.24. The number of halogens is 1. The number of anilines is 1. The summed E-state index contributed by atoms with van der Waals surface area (Å²) in [4.78, 5) is 17.1. The van der Waals surface area contributed by atoms with Crippen molar-refractivity contribution in [2.75, 3.05) is 5.32 Å². The Labute approximate surface area is 126 Å². The van der Waals surface area contributed by atoms with Gasteiger partial charge in [0.25, 0.3) is 5.91 Å². The fourth-order valence-corrected chi connectivity index (χ4v) is 2.39. The zero-order chi connectivity index (χ0) is 14.7. The van der Waals surface area contributed by atoms with Crippen molar-refractivity contribution in [2.45, 2.75) is 26.9 Å². The smallest absolute Gasteiger partial charge is 0.266 e. The number of amides is 1. The van der Waals surface area contributed by atoms with Gasteiger partial charge in [-0.1, -0.05) is 17.7 Å². The fourth-order valence-electron chi connectivity index (χ4n) is 1.56. The number of ether oxygens (including phenoxy) is 1. The third-order valence-electron chi connectivity index (χ3n) is 2.61. The lowest BCUT2D eigenvalue weighted by atomic mass is 10.2. The molecule has 0 fully saturated rings. The third-order valence-corrected chi connectivity index (χ3v) is 3.75. The molecule has 1 aromatic heterocycles. The second-order valence-corrected chi connectivity index (χ2v) is 6.10. The SMILES string of the molecule is Cc1ccc(Cl)c(O[C@H](C)C(=O)Nc2ncc(C)s2)c1. The van der Waals surface area contributed by atoms with Crippen LogP contribution < -0.4 is 10.1 Å². The number of rotatable bonds is 4. The Morgan fingerprint density at radius 2 is 2.20 bits per heavy atom. The van der Waals surface area contributed by atoms with Crippen molar-refractivity contribution in [1.29, 1.82) is 0 Å². The number of aryl methyl sites for hydroxylation is 2. The molecule has 1 amide bonds. The Hall–Kier alpha value is -1.59. The van der Waals surface area contributed by atoms with Crippen LogP contribution in [0.1, 0.15) is 17.4 Å². The highest BCUT2D eigenvalue weighted by Gasteiger charge is 2.17. The monoisotopic (exact) mass is 310 g/mol. The molecular weight excluding hydrogens is 296 g/mol. The molecule has 0 aliphatic heterocycles. The molecule has 0 aliphatic rings. The van der Waals surface area contributed by atoms with Crippen molar-refractivity contribution in [2.24, 2.45) is 0 Å². The Kier molecular flexibility index (Phi) is 4.62. The van der Waals surface area contributed by atoms with Crippen LogP contribution in [0.25, 0.3) is 0 Å². The number of aromatic nitrogens is 1. The van der Waals surface area contributed by atoms with Gasteiger partial charge in [0.05, 0.1) is 5.02 Å². The van der Waals surface area contributed by atoms with E-state index < -0.39 is 6.10 Å². The van der Waals surface area contributed by atoms with Crippen molar-refractivity contribution >= 4 is 34.0 Å². The zero-order valence-electron chi connectivity index (χ0n) is 11.4. The van der Waals surface area contributed by atoms with E-state index in [4.69, 9.17) is 16.3 Å². The Morgan fingerprint density at radius 3 is 2.85 bits per heavy atom. The molecule has 0 saturated heterocycles. The summed E-state index contributed by atoms with van der Waals surface area (Å²) in [5, 5.41) is 3.77. The van der Waals surface area contributed by atoms with Gasteiger partial charge in [0, 0.05) is 11.1 Å². The molecule has 0 aliphatic carbocycles. The van der Waals surface area contributed by atoms with Gasteiger partial charge in [-0.05, 0) is 38.5 Å². The predicted molar refractivity (Wildman–Crippen MR) is 81.8 cm³/mol. The van der Waals surface area contributed by atoms with Gasteiger partial charge in [-0.3, -0.25) is 10.1 Å². The van der Waals surface area contributed by atoms with E-state index in [1.54, 1.807) is 25.3 Å². The molecule has 1 atom stereocenters. The third kappa shape index (κ3) is 3.71. The number of carbonyl (C=O) groups is 1. The number of nitrogens with one attached hydrogen (secondary N) is 1. The van der Waals surface area contributed by atoms with E-state index >= 15 is 0 Å². The van der Waals surface area contributed by atoms with Crippen molar-refractivity contribution in [3.8, 4) is 5.75 Å². The van der Waals surface area contributed by atoms with E-state index in [2.05, 4.69) is 10.3 Å². The average Bonchev–Trinajstić information content (AvgIpc) is 2.79. The van der Waals surface area contributed by atoms with Crippen LogP contribution in [0.2, 0.25) is 5.02 Å². The Bertz CT molecular complexity index is 627. The Morgan fingerprint density at radius 1 is 1.45 bits per heavy atom. The number of nitrogens with zero attached hydrogens (tertiary/aromatic N) is 1. The molecule has 0 bridgehead atoms. The molecule has 0 spiro atoms. The first-order valence-corrected chi connectivity index (χ1v) is 7.31. The number of carbonyl (C=O) groups excluding carboxylic acids is 1. The van der Waals surface area contributed by atoms with Crippen LogP contribution >= 0.6 is 22.9 Å². The summed E-state index contributed by atoms with van der Waals surface area (Å²) in [6.07, 6.45) is 1.06.